The van der Waals surface area contributed by atoms with Crippen LogP contribution in [-0.4, -0.2) is 39.1 Å². The van der Waals surface area contributed by atoms with Gasteiger partial charge < -0.3 is 21.1 Å². The summed E-state index contributed by atoms with van der Waals surface area (Å²) >= 11 is 6.62. The Morgan fingerprint density at radius 3 is 2.96 bits per heavy atom. The van der Waals surface area contributed by atoms with Crippen molar-refractivity contribution in [2.45, 2.75) is 0 Å². The summed E-state index contributed by atoms with van der Waals surface area (Å²) in [6, 6.07) is 1.70. The number of aliphatic hydroxyl groups is 1. The highest BCUT2D eigenvalue weighted by Crippen LogP contribution is 2.22. The van der Waals surface area contributed by atoms with E-state index in [1.54, 1.807) is 30.4 Å². The van der Waals surface area contributed by atoms with Gasteiger partial charge in [-0.1, -0.05) is 6.08 Å². The molecule has 0 saturated heterocycles. The number of carbonyl (C=O) groups excluding carboxylic acids is 1. The Kier molecular flexibility index (Phi) is 5.64. The number of aliphatic hydroxyl groups excluding tert-OH is 1. The summed E-state index contributed by atoms with van der Waals surface area (Å²) in [5.74, 6) is 1.10. The normalized spacial score (nSPS) is 16.8. The molecule has 1 aliphatic rings. The van der Waals surface area contributed by atoms with Gasteiger partial charge in [-0.05, 0) is 56.2 Å². The molecule has 2 aromatic rings. The van der Waals surface area contributed by atoms with Crippen molar-refractivity contribution < 1.29 is 14.8 Å². The molecule has 1 atom stereocenters. The molecule has 0 radical (unpaired) electrons. The van der Waals surface area contributed by atoms with Crippen LogP contribution in [0.25, 0.3) is 6.08 Å². The number of allylic oxidation sites excluding steroid dienone is 2. The van der Waals surface area contributed by atoms with Crippen molar-refractivity contribution in [1.29, 1.82) is 0 Å². The van der Waals surface area contributed by atoms with Gasteiger partial charge in [0.15, 0.2) is 0 Å². The van der Waals surface area contributed by atoms with E-state index in [1.165, 1.54) is 0 Å². The Bertz CT molecular complexity index is 892. The minimum Gasteiger partial charge on any atom is -0.507 e. The van der Waals surface area contributed by atoms with Gasteiger partial charge in [0.05, 0.1) is 9.08 Å². The van der Waals surface area contributed by atoms with Gasteiger partial charge >= 0.3 is 0 Å². The van der Waals surface area contributed by atoms with Crippen molar-refractivity contribution in [3.8, 4) is 0 Å². The number of hydrogen-bond donors (Lipinski definition) is 6. The topological polar surface area (TPSA) is 124 Å². The van der Waals surface area contributed by atoms with Crippen LogP contribution >= 0.6 is 31.9 Å². The highest BCUT2D eigenvalue weighted by molar-refractivity contribution is 9.13. The number of nitrogens with zero attached hydrogens (tertiary/aromatic N) is 1. The van der Waals surface area contributed by atoms with E-state index in [0.29, 0.717) is 35.0 Å². The van der Waals surface area contributed by atoms with Gasteiger partial charge in [0, 0.05) is 6.54 Å². The predicted octanol–water partition coefficient (Wildman–Crippen LogP) is 1.77. The van der Waals surface area contributed by atoms with Crippen molar-refractivity contribution in [1.82, 2.24) is 20.3 Å². The molecule has 0 bridgehead atoms. The molecule has 10 heteroatoms. The summed E-state index contributed by atoms with van der Waals surface area (Å²) in [6.07, 6.45) is 8.87. The molecular formula is C16H17Br2N6O2+. The summed E-state index contributed by atoms with van der Waals surface area (Å²) in [5, 5.41) is 12.5. The third kappa shape index (κ3) is 4.26. The van der Waals surface area contributed by atoms with Crippen molar-refractivity contribution in [3.63, 3.8) is 0 Å². The molecule has 0 aliphatic carbocycles. The van der Waals surface area contributed by atoms with Crippen LogP contribution in [0.2, 0.25) is 0 Å². The summed E-state index contributed by atoms with van der Waals surface area (Å²) in [5.41, 5.74) is 6.87. The van der Waals surface area contributed by atoms with E-state index < -0.39 is 0 Å². The Morgan fingerprint density at radius 1 is 1.46 bits per heavy atom. The standard InChI is InChI=1S/C16H16Br2N6O2/c17-10-7-12(21-13(10)18)15(26)20-5-1-4-11-14(23-16(19)22-11)24-6-2-3-9(25)8-24/h1-4,6-7,21,25H,5,8H2,(H,20,26)(H3,19,22,23)/p+1. The van der Waals surface area contributed by atoms with Crippen LogP contribution in [0.3, 0.4) is 0 Å². The number of nitrogens with one attached hydrogen (secondary N) is 4. The van der Waals surface area contributed by atoms with E-state index in [-0.39, 0.29) is 11.7 Å². The lowest BCUT2D eigenvalue weighted by molar-refractivity contribution is -0.774. The van der Waals surface area contributed by atoms with Crippen molar-refractivity contribution >= 4 is 55.6 Å². The lowest BCUT2D eigenvalue weighted by atomic mass is 10.3. The van der Waals surface area contributed by atoms with Crippen LogP contribution in [0, 0.1) is 0 Å². The number of H-pyrrole nitrogens is 2. The van der Waals surface area contributed by atoms with Gasteiger partial charge in [-0.15, -0.1) is 0 Å². The fourth-order valence-corrected chi connectivity index (χ4v) is 3.13. The second kappa shape index (κ2) is 7.94. The van der Waals surface area contributed by atoms with Crippen LogP contribution in [0.1, 0.15) is 16.2 Å². The molecule has 26 heavy (non-hydrogen) atoms. The average Bonchev–Trinajstić information content (AvgIpc) is 3.14. The van der Waals surface area contributed by atoms with Gasteiger partial charge in [-0.3, -0.25) is 14.7 Å². The number of carbonyl (C=O) groups is 1. The second-order valence-corrected chi connectivity index (χ2v) is 7.21. The Morgan fingerprint density at radius 2 is 2.27 bits per heavy atom. The molecule has 0 fully saturated rings. The first-order valence-electron chi connectivity index (χ1n) is 7.70. The molecule has 8 nitrogen and oxygen atoms in total. The number of halogens is 2. The molecule has 1 amide bonds. The SMILES string of the molecule is Nc1nc(C=CCNC(=O)c2cc(Br)c(Br)[nH]2)c([NH+]2C=CC=C(O)C2)[nH]1. The first-order valence-corrected chi connectivity index (χ1v) is 9.29. The van der Waals surface area contributed by atoms with Crippen molar-refractivity contribution in [2.24, 2.45) is 0 Å². The third-order valence-electron chi connectivity index (χ3n) is 3.65. The first kappa shape index (κ1) is 18.5. The second-order valence-electron chi connectivity index (χ2n) is 5.56. The lowest BCUT2D eigenvalue weighted by Crippen LogP contribution is -3.03. The molecule has 1 aliphatic heterocycles. The third-order valence-corrected chi connectivity index (χ3v) is 5.44. The van der Waals surface area contributed by atoms with Crippen molar-refractivity contribution in [3.05, 3.63) is 56.7 Å². The number of amides is 1. The number of hydrogen-bond acceptors (Lipinski definition) is 4. The van der Waals surface area contributed by atoms with Gasteiger partial charge in [0.1, 0.15) is 29.9 Å². The molecule has 3 rings (SSSR count). The van der Waals surface area contributed by atoms with Crippen LogP contribution < -0.4 is 16.0 Å². The zero-order valence-corrected chi connectivity index (χ0v) is 16.7. The minimum absolute atomic E-state index is 0.220. The number of nitrogen functional groups attached to an aromatic ring is 1. The molecule has 0 spiro atoms. The van der Waals surface area contributed by atoms with Crippen molar-refractivity contribution in [2.75, 3.05) is 18.8 Å². The molecule has 3 heterocycles. The zero-order chi connectivity index (χ0) is 18.7. The molecule has 2 aromatic heterocycles. The number of nitrogens with two attached hydrogens (primary N) is 1. The maximum Gasteiger partial charge on any atom is 0.268 e. The number of imidazole rings is 1. The van der Waals surface area contributed by atoms with E-state index in [0.717, 1.165) is 15.2 Å². The van der Waals surface area contributed by atoms with Crippen LogP contribution in [0.4, 0.5) is 11.8 Å². The maximum atomic E-state index is 12.1. The van der Waals surface area contributed by atoms with Crippen LogP contribution in [0.5, 0.6) is 0 Å². The molecule has 0 saturated carbocycles. The number of aromatic amines is 2. The Balaban J connectivity index is 1.63. The number of rotatable bonds is 5. The Hall–Kier alpha value is -2.30. The molecular weight excluding hydrogens is 468 g/mol. The summed E-state index contributed by atoms with van der Waals surface area (Å²) in [7, 11) is 0. The zero-order valence-electron chi connectivity index (χ0n) is 13.5. The van der Waals surface area contributed by atoms with E-state index in [1.807, 2.05) is 6.20 Å². The minimum atomic E-state index is -0.220. The molecule has 0 aromatic carbocycles. The molecule has 1 unspecified atom stereocenters. The molecule has 7 N–H and O–H groups in total. The average molecular weight is 485 g/mol. The molecule has 136 valence electrons. The van der Waals surface area contributed by atoms with Gasteiger partial charge in [-0.2, -0.15) is 0 Å². The fourth-order valence-electron chi connectivity index (χ4n) is 2.47. The van der Waals surface area contributed by atoms with Crippen LogP contribution in [0.15, 0.2) is 45.3 Å². The number of aromatic nitrogens is 3. The van der Waals surface area contributed by atoms with Gasteiger partial charge in [-0.25, -0.2) is 4.98 Å². The lowest BCUT2D eigenvalue weighted by Gasteiger charge is -2.14. The van der Waals surface area contributed by atoms with Gasteiger partial charge in [0.2, 0.25) is 11.8 Å². The first-order chi connectivity index (χ1) is 12.4. The number of quaternary nitrogens is 1. The smallest absolute Gasteiger partial charge is 0.268 e. The van der Waals surface area contributed by atoms with E-state index in [2.05, 4.69) is 52.1 Å². The van der Waals surface area contributed by atoms with Gasteiger partial charge in [0.25, 0.3) is 5.91 Å². The quantitative estimate of drug-likeness (QED) is 0.387. The van der Waals surface area contributed by atoms with E-state index in [4.69, 9.17) is 5.73 Å². The monoisotopic (exact) mass is 483 g/mol. The summed E-state index contributed by atoms with van der Waals surface area (Å²) in [6.45, 7) is 0.738. The van der Waals surface area contributed by atoms with E-state index >= 15 is 0 Å². The highest BCUT2D eigenvalue weighted by atomic mass is 79.9. The summed E-state index contributed by atoms with van der Waals surface area (Å²) in [4.78, 5) is 23.1. The largest absolute Gasteiger partial charge is 0.507 e. The maximum absolute atomic E-state index is 12.1. The number of anilines is 1. The van der Waals surface area contributed by atoms with E-state index in [9.17, 15) is 9.90 Å². The summed E-state index contributed by atoms with van der Waals surface area (Å²) < 4.78 is 1.49. The highest BCUT2D eigenvalue weighted by Gasteiger charge is 2.21. The Labute approximate surface area is 166 Å². The predicted molar refractivity (Wildman–Crippen MR) is 106 cm³/mol. The van der Waals surface area contributed by atoms with Crippen LogP contribution in [-0.2, 0) is 0 Å². The fraction of sp³-hybridized carbons (Fsp3) is 0.125.